The molecule has 1 aromatic heterocycles. The van der Waals surface area contributed by atoms with Crippen LogP contribution in [0.3, 0.4) is 0 Å². The lowest BCUT2D eigenvalue weighted by Crippen LogP contribution is -1.95. The van der Waals surface area contributed by atoms with Gasteiger partial charge in [0.25, 0.3) is 5.69 Å². The molecule has 0 atom stereocenters. The number of nitro benzene ring substituents is 2. The maximum absolute atomic E-state index is 11.1. The molecule has 0 radical (unpaired) electrons. The minimum absolute atomic E-state index is 0.0710. The summed E-state index contributed by atoms with van der Waals surface area (Å²) >= 11 is 0. The average Bonchev–Trinajstić information content (AvgIpc) is 2.67. The van der Waals surface area contributed by atoms with Gasteiger partial charge < -0.3 is 4.74 Å². The Labute approximate surface area is 152 Å². The summed E-state index contributed by atoms with van der Waals surface area (Å²) < 4.78 is 5.26. The maximum Gasteiger partial charge on any atom is 0.303 e. The van der Waals surface area contributed by atoms with E-state index in [1.807, 2.05) is 30.3 Å². The molecule has 3 aromatic rings. The van der Waals surface area contributed by atoms with Crippen LogP contribution >= 0.6 is 0 Å². The Balaban J connectivity index is 1.90. The fraction of sp³-hybridized carbons (Fsp3) is 0.118. The Morgan fingerprint density at radius 3 is 2.56 bits per heavy atom. The zero-order valence-electron chi connectivity index (χ0n) is 14.1. The number of aromatic nitrogens is 1. The number of non-ortho nitro benzene ring substituents is 1. The van der Waals surface area contributed by atoms with Crippen molar-refractivity contribution in [3.05, 3.63) is 74.3 Å². The molecule has 0 aliphatic carbocycles. The van der Waals surface area contributed by atoms with Gasteiger partial charge in [-0.25, -0.2) is 4.98 Å². The van der Waals surface area contributed by atoms with E-state index >= 15 is 0 Å². The predicted octanol–water partition coefficient (Wildman–Crippen LogP) is 4.34. The van der Waals surface area contributed by atoms with Crippen LogP contribution in [0.15, 0.2) is 58.8 Å². The SMILES string of the molecule is COc1nc2ccccc2cc1CN=Nc1ccc([N+](=O)[O-])cc1[N+](=O)[O-]. The summed E-state index contributed by atoms with van der Waals surface area (Å²) in [5.74, 6) is 0.380. The molecule has 0 saturated carbocycles. The molecule has 0 aliphatic heterocycles. The van der Waals surface area contributed by atoms with Crippen LogP contribution in [0.25, 0.3) is 10.9 Å². The molecule has 1 heterocycles. The van der Waals surface area contributed by atoms with Gasteiger partial charge in [-0.15, -0.1) is 5.11 Å². The number of hydrogen-bond acceptors (Lipinski definition) is 8. The summed E-state index contributed by atoms with van der Waals surface area (Å²) in [4.78, 5) is 24.8. The van der Waals surface area contributed by atoms with Gasteiger partial charge in [-0.3, -0.25) is 20.2 Å². The normalized spacial score (nSPS) is 11.0. The third-order valence-electron chi connectivity index (χ3n) is 3.74. The van der Waals surface area contributed by atoms with Gasteiger partial charge in [-0.2, -0.15) is 5.11 Å². The first-order valence-electron chi connectivity index (χ1n) is 7.72. The first-order chi connectivity index (χ1) is 13.0. The molecule has 0 spiro atoms. The number of rotatable bonds is 6. The highest BCUT2D eigenvalue weighted by molar-refractivity contribution is 5.80. The Morgan fingerprint density at radius 2 is 1.85 bits per heavy atom. The number of fused-ring (bicyclic) bond motifs is 1. The Kier molecular flexibility index (Phi) is 4.97. The molecule has 0 N–H and O–H groups in total. The highest BCUT2D eigenvalue weighted by atomic mass is 16.6. The first kappa shape index (κ1) is 17.9. The Bertz CT molecular complexity index is 1070. The molecule has 136 valence electrons. The molecule has 10 nitrogen and oxygen atoms in total. The van der Waals surface area contributed by atoms with Gasteiger partial charge >= 0.3 is 5.69 Å². The molecule has 27 heavy (non-hydrogen) atoms. The number of nitrogens with zero attached hydrogens (tertiary/aromatic N) is 5. The van der Waals surface area contributed by atoms with Gasteiger partial charge in [0, 0.05) is 17.0 Å². The molecule has 0 amide bonds. The van der Waals surface area contributed by atoms with Gasteiger partial charge in [0.2, 0.25) is 5.88 Å². The predicted molar refractivity (Wildman–Crippen MR) is 96.3 cm³/mol. The van der Waals surface area contributed by atoms with Gasteiger partial charge in [-0.1, -0.05) is 18.2 Å². The van der Waals surface area contributed by atoms with E-state index in [4.69, 9.17) is 4.74 Å². The summed E-state index contributed by atoms with van der Waals surface area (Å²) in [6.07, 6.45) is 0. The minimum atomic E-state index is -0.737. The molecule has 0 unspecified atom stereocenters. The fourth-order valence-electron chi connectivity index (χ4n) is 2.48. The van der Waals surface area contributed by atoms with Crippen molar-refractivity contribution in [3.8, 4) is 5.88 Å². The zero-order chi connectivity index (χ0) is 19.4. The molecule has 2 aromatic carbocycles. The summed E-state index contributed by atoms with van der Waals surface area (Å²) in [6.45, 7) is 0.0785. The second kappa shape index (κ2) is 7.52. The number of azo groups is 1. The van der Waals surface area contributed by atoms with E-state index in [-0.39, 0.29) is 17.9 Å². The fourth-order valence-corrected chi connectivity index (χ4v) is 2.48. The average molecular weight is 367 g/mol. The monoisotopic (exact) mass is 367 g/mol. The van der Waals surface area contributed by atoms with Gasteiger partial charge in [0.1, 0.15) is 0 Å². The van der Waals surface area contributed by atoms with E-state index in [2.05, 4.69) is 15.2 Å². The number of pyridine rings is 1. The van der Waals surface area contributed by atoms with Crippen molar-refractivity contribution in [2.45, 2.75) is 6.54 Å². The lowest BCUT2D eigenvalue weighted by Gasteiger charge is -2.07. The van der Waals surface area contributed by atoms with Gasteiger partial charge in [0.05, 0.1) is 35.1 Å². The molecule has 0 bridgehead atoms. The summed E-state index contributed by atoms with van der Waals surface area (Å²) in [6, 6.07) is 12.5. The van der Waals surface area contributed by atoms with Crippen LogP contribution in [0.5, 0.6) is 5.88 Å². The number of ether oxygens (including phenoxy) is 1. The van der Waals surface area contributed by atoms with Crippen molar-refractivity contribution in [1.82, 2.24) is 4.98 Å². The lowest BCUT2D eigenvalue weighted by atomic mass is 10.1. The molecular formula is C17H13N5O5. The summed E-state index contributed by atoms with van der Waals surface area (Å²) in [7, 11) is 1.49. The molecule has 0 fully saturated rings. The second-order valence-electron chi connectivity index (χ2n) is 5.44. The maximum atomic E-state index is 11.1. The van der Waals surface area contributed by atoms with Crippen molar-refractivity contribution in [2.24, 2.45) is 10.2 Å². The van der Waals surface area contributed by atoms with Crippen LogP contribution in [-0.2, 0) is 6.54 Å². The van der Waals surface area contributed by atoms with Crippen molar-refractivity contribution >= 4 is 28.0 Å². The van der Waals surface area contributed by atoms with E-state index in [0.717, 1.165) is 23.0 Å². The number of benzene rings is 2. The van der Waals surface area contributed by atoms with Crippen LogP contribution in [-0.4, -0.2) is 21.9 Å². The Morgan fingerprint density at radius 1 is 1.07 bits per heavy atom. The van der Waals surface area contributed by atoms with Crippen LogP contribution in [0.2, 0.25) is 0 Å². The number of nitro groups is 2. The Hall–Kier alpha value is -3.95. The van der Waals surface area contributed by atoms with E-state index in [9.17, 15) is 20.2 Å². The van der Waals surface area contributed by atoms with E-state index < -0.39 is 15.5 Å². The lowest BCUT2D eigenvalue weighted by molar-refractivity contribution is -0.393. The van der Waals surface area contributed by atoms with Crippen LogP contribution in [0, 0.1) is 20.2 Å². The molecule has 0 saturated heterocycles. The quantitative estimate of drug-likeness (QED) is 0.361. The summed E-state index contributed by atoms with van der Waals surface area (Å²) in [5.41, 5.74) is 0.474. The van der Waals surface area contributed by atoms with Crippen LogP contribution < -0.4 is 4.74 Å². The van der Waals surface area contributed by atoms with Crippen molar-refractivity contribution in [3.63, 3.8) is 0 Å². The zero-order valence-corrected chi connectivity index (χ0v) is 14.1. The largest absolute Gasteiger partial charge is 0.481 e. The van der Waals surface area contributed by atoms with Crippen molar-refractivity contribution in [2.75, 3.05) is 7.11 Å². The number of methoxy groups -OCH3 is 1. The third kappa shape index (κ3) is 3.84. The first-order valence-corrected chi connectivity index (χ1v) is 7.72. The molecule has 3 rings (SSSR count). The standard InChI is InChI=1S/C17H13N5O5/c1-27-17-12(8-11-4-2-3-5-14(11)19-17)10-18-20-15-7-6-13(21(23)24)9-16(15)22(25)26/h2-9H,10H2,1H3. The minimum Gasteiger partial charge on any atom is -0.481 e. The van der Waals surface area contributed by atoms with Gasteiger partial charge in [-0.05, 0) is 18.2 Å². The van der Waals surface area contributed by atoms with Crippen molar-refractivity contribution < 1.29 is 14.6 Å². The molecular weight excluding hydrogens is 354 g/mol. The van der Waals surface area contributed by atoms with E-state index in [1.54, 1.807) is 0 Å². The van der Waals surface area contributed by atoms with E-state index in [1.165, 1.54) is 13.2 Å². The highest BCUT2D eigenvalue weighted by Crippen LogP contribution is 2.32. The van der Waals surface area contributed by atoms with E-state index in [0.29, 0.717) is 11.4 Å². The van der Waals surface area contributed by atoms with Crippen molar-refractivity contribution in [1.29, 1.82) is 0 Å². The highest BCUT2D eigenvalue weighted by Gasteiger charge is 2.19. The summed E-state index contributed by atoms with van der Waals surface area (Å²) in [5, 5.41) is 30.6. The topological polar surface area (TPSA) is 133 Å². The smallest absolute Gasteiger partial charge is 0.303 e. The third-order valence-corrected chi connectivity index (χ3v) is 3.74. The second-order valence-corrected chi connectivity index (χ2v) is 5.44. The molecule has 10 heteroatoms. The van der Waals surface area contributed by atoms with Crippen LogP contribution in [0.4, 0.5) is 17.1 Å². The molecule has 0 aliphatic rings. The van der Waals surface area contributed by atoms with Gasteiger partial charge in [0.15, 0.2) is 5.69 Å². The van der Waals surface area contributed by atoms with Crippen LogP contribution in [0.1, 0.15) is 5.56 Å². The number of hydrogen-bond donors (Lipinski definition) is 0. The number of para-hydroxylation sites is 1.